The smallest absolute Gasteiger partial charge is 0.336 e. The first-order valence-electron chi connectivity index (χ1n) is 6.22. The molecule has 0 atom stereocenters. The fourth-order valence-electron chi connectivity index (χ4n) is 2.07. The van der Waals surface area contributed by atoms with Gasteiger partial charge >= 0.3 is 5.97 Å². The summed E-state index contributed by atoms with van der Waals surface area (Å²) in [7, 11) is 0. The minimum absolute atomic E-state index is 0.0438. The van der Waals surface area contributed by atoms with Crippen LogP contribution in [-0.4, -0.2) is 27.0 Å². The first-order chi connectivity index (χ1) is 10.1. The number of anilines is 1. The van der Waals surface area contributed by atoms with Crippen LogP contribution >= 0.6 is 0 Å². The Kier molecular flexibility index (Phi) is 3.12. The zero-order valence-electron chi connectivity index (χ0n) is 10.8. The summed E-state index contributed by atoms with van der Waals surface area (Å²) >= 11 is 0. The summed E-state index contributed by atoms with van der Waals surface area (Å²) in [6.45, 7) is 0. The minimum Gasteiger partial charge on any atom is -0.478 e. The number of nitrogens with zero attached hydrogens (tertiary/aromatic N) is 1. The third-order valence-corrected chi connectivity index (χ3v) is 3.08. The number of carbonyl (C=O) groups is 2. The second-order valence-electron chi connectivity index (χ2n) is 4.44. The third kappa shape index (κ3) is 2.46. The molecule has 0 fully saturated rings. The van der Waals surface area contributed by atoms with Crippen LogP contribution in [0.15, 0.2) is 48.8 Å². The Bertz CT molecular complexity index is 839. The molecule has 0 bridgehead atoms. The third-order valence-electron chi connectivity index (χ3n) is 3.08. The van der Waals surface area contributed by atoms with Crippen LogP contribution in [0.25, 0.3) is 10.9 Å². The average molecular weight is 281 g/mol. The molecule has 0 saturated heterocycles. The number of benzene rings is 1. The summed E-state index contributed by atoms with van der Waals surface area (Å²) < 4.78 is 0. The Hall–Kier alpha value is -3.15. The molecular weight excluding hydrogens is 270 g/mol. The molecule has 6 heteroatoms. The topological polar surface area (TPSA) is 95.1 Å². The van der Waals surface area contributed by atoms with Crippen molar-refractivity contribution in [2.45, 2.75) is 0 Å². The van der Waals surface area contributed by atoms with E-state index in [2.05, 4.69) is 15.3 Å². The highest BCUT2D eigenvalue weighted by atomic mass is 16.4. The number of aromatic amines is 1. The quantitative estimate of drug-likeness (QED) is 0.687. The first-order valence-corrected chi connectivity index (χ1v) is 6.22. The van der Waals surface area contributed by atoms with Gasteiger partial charge in [0, 0.05) is 11.6 Å². The number of fused-ring (bicyclic) bond motifs is 1. The van der Waals surface area contributed by atoms with Crippen LogP contribution < -0.4 is 5.32 Å². The SMILES string of the molecule is O=C(O)c1ccccc1C(=O)Nc1cc2cc[nH]c2cn1. The Morgan fingerprint density at radius 1 is 1.14 bits per heavy atom. The van der Waals surface area contributed by atoms with Crippen molar-refractivity contribution in [2.24, 2.45) is 0 Å². The van der Waals surface area contributed by atoms with Crippen molar-refractivity contribution in [1.29, 1.82) is 0 Å². The number of nitrogens with one attached hydrogen (secondary N) is 2. The van der Waals surface area contributed by atoms with E-state index in [9.17, 15) is 9.59 Å². The molecule has 3 rings (SSSR count). The molecule has 3 aromatic rings. The molecule has 0 saturated carbocycles. The highest BCUT2D eigenvalue weighted by Crippen LogP contribution is 2.16. The number of carboxylic acid groups (broad SMARTS) is 1. The van der Waals surface area contributed by atoms with Crippen LogP contribution in [0.1, 0.15) is 20.7 Å². The number of aromatic nitrogens is 2. The zero-order valence-corrected chi connectivity index (χ0v) is 10.8. The fourth-order valence-corrected chi connectivity index (χ4v) is 2.07. The molecule has 0 aliphatic heterocycles. The van der Waals surface area contributed by atoms with E-state index in [0.717, 1.165) is 10.9 Å². The van der Waals surface area contributed by atoms with Crippen LogP contribution in [0.2, 0.25) is 0 Å². The maximum atomic E-state index is 12.2. The van der Waals surface area contributed by atoms with E-state index in [4.69, 9.17) is 5.11 Å². The average Bonchev–Trinajstić information content (AvgIpc) is 2.94. The molecule has 6 nitrogen and oxygen atoms in total. The summed E-state index contributed by atoms with van der Waals surface area (Å²) in [6.07, 6.45) is 3.38. The van der Waals surface area contributed by atoms with Gasteiger partial charge in [-0.15, -0.1) is 0 Å². The lowest BCUT2D eigenvalue weighted by Crippen LogP contribution is -2.16. The summed E-state index contributed by atoms with van der Waals surface area (Å²) in [6, 6.07) is 9.62. The van der Waals surface area contributed by atoms with E-state index in [1.807, 2.05) is 6.07 Å². The molecule has 0 aliphatic carbocycles. The molecule has 2 heterocycles. The summed E-state index contributed by atoms with van der Waals surface area (Å²) in [5, 5.41) is 12.6. The van der Waals surface area contributed by atoms with E-state index < -0.39 is 11.9 Å². The summed E-state index contributed by atoms with van der Waals surface area (Å²) in [5.41, 5.74) is 0.914. The van der Waals surface area contributed by atoms with Gasteiger partial charge < -0.3 is 15.4 Å². The largest absolute Gasteiger partial charge is 0.478 e. The van der Waals surface area contributed by atoms with Crippen LogP contribution in [0.3, 0.4) is 0 Å². The number of rotatable bonds is 3. The van der Waals surface area contributed by atoms with E-state index in [1.165, 1.54) is 12.1 Å². The van der Waals surface area contributed by atoms with E-state index in [-0.39, 0.29) is 11.1 Å². The van der Waals surface area contributed by atoms with Crippen LogP contribution in [0.4, 0.5) is 5.82 Å². The van der Waals surface area contributed by atoms with E-state index in [1.54, 1.807) is 30.6 Å². The van der Waals surface area contributed by atoms with Gasteiger partial charge in [0.25, 0.3) is 5.91 Å². The molecule has 0 spiro atoms. The number of aromatic carboxylic acids is 1. The molecular formula is C15H11N3O3. The summed E-state index contributed by atoms with van der Waals surface area (Å²) in [5.74, 6) is -1.28. The molecule has 0 radical (unpaired) electrons. The number of carboxylic acids is 1. The fraction of sp³-hybridized carbons (Fsp3) is 0. The van der Waals surface area contributed by atoms with Crippen LogP contribution in [0, 0.1) is 0 Å². The maximum Gasteiger partial charge on any atom is 0.336 e. The van der Waals surface area contributed by atoms with E-state index >= 15 is 0 Å². The molecule has 21 heavy (non-hydrogen) atoms. The standard InChI is InChI=1S/C15H11N3O3/c19-14(10-3-1-2-4-11(10)15(20)21)18-13-7-9-5-6-16-12(9)8-17-13/h1-8,16H,(H,20,21)(H,17,18,19). The van der Waals surface area contributed by atoms with Crippen molar-refractivity contribution >= 4 is 28.6 Å². The monoisotopic (exact) mass is 281 g/mol. The van der Waals surface area contributed by atoms with Gasteiger partial charge in [0.2, 0.25) is 0 Å². The van der Waals surface area contributed by atoms with Gasteiger partial charge in [-0.05, 0) is 24.3 Å². The lowest BCUT2D eigenvalue weighted by Gasteiger charge is -2.07. The predicted molar refractivity (Wildman–Crippen MR) is 77.4 cm³/mol. The molecule has 2 aromatic heterocycles. The number of H-pyrrole nitrogens is 1. The van der Waals surface area contributed by atoms with Gasteiger partial charge in [0.1, 0.15) is 5.82 Å². The van der Waals surface area contributed by atoms with Gasteiger partial charge in [0.15, 0.2) is 0 Å². The molecule has 3 N–H and O–H groups in total. The maximum absolute atomic E-state index is 12.2. The highest BCUT2D eigenvalue weighted by molar-refractivity contribution is 6.10. The number of pyridine rings is 1. The minimum atomic E-state index is -1.14. The van der Waals surface area contributed by atoms with Crippen molar-refractivity contribution in [3.8, 4) is 0 Å². The normalized spacial score (nSPS) is 10.5. The van der Waals surface area contributed by atoms with Crippen molar-refractivity contribution in [1.82, 2.24) is 9.97 Å². The van der Waals surface area contributed by atoms with Gasteiger partial charge in [-0.1, -0.05) is 12.1 Å². The van der Waals surface area contributed by atoms with Crippen LogP contribution in [0.5, 0.6) is 0 Å². The molecule has 0 aliphatic rings. The first kappa shape index (κ1) is 12.9. The number of carbonyl (C=O) groups excluding carboxylic acids is 1. The van der Waals surface area contributed by atoms with Crippen molar-refractivity contribution < 1.29 is 14.7 Å². The number of hydrogen-bond acceptors (Lipinski definition) is 3. The Balaban J connectivity index is 1.91. The van der Waals surface area contributed by atoms with Gasteiger partial charge in [0.05, 0.1) is 22.8 Å². The molecule has 0 unspecified atom stereocenters. The van der Waals surface area contributed by atoms with Crippen LogP contribution in [-0.2, 0) is 0 Å². The molecule has 1 aromatic carbocycles. The predicted octanol–water partition coefficient (Wildman–Crippen LogP) is 2.51. The van der Waals surface area contributed by atoms with Crippen molar-refractivity contribution in [3.63, 3.8) is 0 Å². The Morgan fingerprint density at radius 2 is 1.90 bits per heavy atom. The highest BCUT2D eigenvalue weighted by Gasteiger charge is 2.16. The lowest BCUT2D eigenvalue weighted by molar-refractivity contribution is 0.0692. The Morgan fingerprint density at radius 3 is 2.67 bits per heavy atom. The number of hydrogen-bond donors (Lipinski definition) is 3. The molecule has 1 amide bonds. The Labute approximate surface area is 119 Å². The molecule has 104 valence electrons. The van der Waals surface area contributed by atoms with E-state index in [0.29, 0.717) is 5.82 Å². The lowest BCUT2D eigenvalue weighted by atomic mass is 10.1. The zero-order chi connectivity index (χ0) is 14.8. The number of amides is 1. The van der Waals surface area contributed by atoms with Crippen molar-refractivity contribution in [3.05, 3.63) is 59.9 Å². The second kappa shape index (κ2) is 5.09. The second-order valence-corrected chi connectivity index (χ2v) is 4.44. The van der Waals surface area contributed by atoms with Gasteiger partial charge in [-0.25, -0.2) is 9.78 Å². The summed E-state index contributed by atoms with van der Waals surface area (Å²) in [4.78, 5) is 30.4. The van der Waals surface area contributed by atoms with Gasteiger partial charge in [-0.2, -0.15) is 0 Å². The van der Waals surface area contributed by atoms with Gasteiger partial charge in [-0.3, -0.25) is 4.79 Å². The van der Waals surface area contributed by atoms with Crippen molar-refractivity contribution in [2.75, 3.05) is 5.32 Å².